The number of hydrogen-bond donors (Lipinski definition) is 3. The molecule has 2 aromatic carbocycles. The molecule has 3 N–H and O–H groups in total. The number of aliphatic carboxylic acids is 1. The van der Waals surface area contributed by atoms with Crippen LogP contribution in [0.2, 0.25) is 0 Å². The summed E-state index contributed by atoms with van der Waals surface area (Å²) in [6, 6.07) is 13.0. The van der Waals surface area contributed by atoms with Crippen molar-refractivity contribution in [2.75, 3.05) is 13.7 Å². The van der Waals surface area contributed by atoms with Crippen LogP contribution >= 0.6 is 0 Å². The number of alkyl carbamates (subject to hydrolysis) is 1. The molecular weight excluding hydrogens is 469 g/mol. The largest absolute Gasteiger partial charge is 0.480 e. The van der Waals surface area contributed by atoms with Crippen molar-refractivity contribution in [2.24, 2.45) is 0 Å². The van der Waals surface area contributed by atoms with Crippen LogP contribution in [0.5, 0.6) is 0 Å². The Morgan fingerprint density at radius 3 is 2.00 bits per heavy atom. The highest BCUT2D eigenvalue weighted by molar-refractivity contribution is 5.93. The second kappa shape index (κ2) is 9.95. The molecule has 0 bridgehead atoms. The summed E-state index contributed by atoms with van der Waals surface area (Å²) in [4.78, 5) is 36.4. The maximum Gasteiger partial charge on any atom is 0.420 e. The van der Waals surface area contributed by atoms with E-state index in [0.717, 1.165) is 29.4 Å². The van der Waals surface area contributed by atoms with E-state index >= 15 is 0 Å². The average molecular weight is 494 g/mol. The van der Waals surface area contributed by atoms with Crippen molar-refractivity contribution < 1.29 is 42.1 Å². The zero-order valence-corrected chi connectivity index (χ0v) is 19.2. The highest BCUT2D eigenvalue weighted by atomic mass is 19.4. The summed E-state index contributed by atoms with van der Waals surface area (Å²) in [5.41, 5.74) is 0.120. The van der Waals surface area contributed by atoms with Gasteiger partial charge in [-0.2, -0.15) is 13.2 Å². The first kappa shape index (κ1) is 26.0. The number of alkyl halides is 3. The van der Waals surface area contributed by atoms with Gasteiger partial charge in [-0.25, -0.2) is 9.59 Å². The predicted molar refractivity (Wildman–Crippen MR) is 119 cm³/mol. The molecule has 0 heterocycles. The minimum Gasteiger partial charge on any atom is -0.480 e. The minimum absolute atomic E-state index is 0.270. The van der Waals surface area contributed by atoms with Crippen LogP contribution in [-0.2, 0) is 19.1 Å². The van der Waals surface area contributed by atoms with Crippen LogP contribution in [0.4, 0.5) is 18.0 Å². The van der Waals surface area contributed by atoms with E-state index in [1.165, 1.54) is 6.92 Å². The maximum atomic E-state index is 13.9. The van der Waals surface area contributed by atoms with Gasteiger partial charge >= 0.3 is 18.2 Å². The molecule has 0 aliphatic heterocycles. The Balaban J connectivity index is 1.76. The molecular formula is C24H25F3N2O6. The molecule has 2 aromatic rings. The Hall–Kier alpha value is -3.60. The van der Waals surface area contributed by atoms with Crippen molar-refractivity contribution in [1.82, 2.24) is 10.6 Å². The number of rotatable bonds is 8. The Morgan fingerprint density at radius 1 is 1.03 bits per heavy atom. The fourth-order valence-corrected chi connectivity index (χ4v) is 3.90. The molecule has 0 radical (unpaired) electrons. The molecule has 1 aliphatic rings. The fourth-order valence-electron chi connectivity index (χ4n) is 3.90. The van der Waals surface area contributed by atoms with Gasteiger partial charge in [0, 0.05) is 13.0 Å². The monoisotopic (exact) mass is 494 g/mol. The molecule has 188 valence electrons. The molecule has 3 rings (SSSR count). The number of carbonyl (C=O) groups is 3. The first-order chi connectivity index (χ1) is 16.4. The molecule has 8 nitrogen and oxygen atoms in total. The van der Waals surface area contributed by atoms with E-state index in [-0.39, 0.29) is 6.61 Å². The normalized spacial score (nSPS) is 16.3. The zero-order valence-electron chi connectivity index (χ0n) is 19.2. The molecule has 0 saturated heterocycles. The van der Waals surface area contributed by atoms with Gasteiger partial charge in [0.2, 0.25) is 5.54 Å². The summed E-state index contributed by atoms with van der Waals surface area (Å²) in [6.07, 6.45) is -7.88. The van der Waals surface area contributed by atoms with Gasteiger partial charge in [0.25, 0.3) is 5.91 Å². The van der Waals surface area contributed by atoms with E-state index in [2.05, 4.69) is 0 Å². The maximum absolute atomic E-state index is 13.9. The van der Waals surface area contributed by atoms with E-state index in [1.54, 1.807) is 10.6 Å². The zero-order chi connectivity index (χ0) is 26.0. The molecule has 1 unspecified atom stereocenters. The summed E-state index contributed by atoms with van der Waals surface area (Å²) in [7, 11) is 1.14. The Labute approximate surface area is 199 Å². The summed E-state index contributed by atoms with van der Waals surface area (Å²) >= 11 is 0. The lowest BCUT2D eigenvalue weighted by Gasteiger charge is -2.33. The number of halogens is 3. The predicted octanol–water partition coefficient (Wildman–Crippen LogP) is 3.45. The molecule has 0 aromatic heterocycles. The Bertz CT molecular complexity index is 1080. The van der Waals surface area contributed by atoms with E-state index in [0.29, 0.717) is 6.92 Å². The van der Waals surface area contributed by atoms with Gasteiger partial charge in [0.1, 0.15) is 6.61 Å². The lowest BCUT2D eigenvalue weighted by atomic mass is 9.98. The van der Waals surface area contributed by atoms with Gasteiger partial charge in [0.05, 0.1) is 6.10 Å². The van der Waals surface area contributed by atoms with Gasteiger partial charge in [-0.3, -0.25) is 10.1 Å². The first-order valence-electron chi connectivity index (χ1n) is 10.7. The van der Waals surface area contributed by atoms with Crippen LogP contribution in [0, 0.1) is 0 Å². The standard InChI is InChI=1S/C24H25F3N2O6/c1-13(34-3)19(20(30)31)28-21(32)23(2,24(25,26)27)29-22(33)35-12-18-16-10-6-4-8-14(16)15-9-5-7-11-17(15)18/h4-11,13,18-19H,12H2,1-3H3,(H,28,32)(H,29,33)(H,30,31)/t13-,19+,23?/m1/s1. The number of methoxy groups -OCH3 is 1. The smallest absolute Gasteiger partial charge is 0.420 e. The Morgan fingerprint density at radius 2 is 1.54 bits per heavy atom. The molecule has 3 atom stereocenters. The molecule has 0 fully saturated rings. The van der Waals surface area contributed by atoms with Gasteiger partial charge < -0.3 is 19.9 Å². The van der Waals surface area contributed by atoms with Gasteiger partial charge in [-0.15, -0.1) is 0 Å². The third kappa shape index (κ3) is 5.09. The quantitative estimate of drug-likeness (QED) is 0.518. The molecule has 11 heteroatoms. The summed E-state index contributed by atoms with van der Waals surface area (Å²) in [5.74, 6) is -3.77. The number of hydrogen-bond acceptors (Lipinski definition) is 5. The number of carboxylic acids is 1. The molecule has 0 saturated carbocycles. The van der Waals surface area contributed by atoms with Crippen LogP contribution < -0.4 is 10.6 Å². The highest BCUT2D eigenvalue weighted by Crippen LogP contribution is 2.44. The third-order valence-electron chi connectivity index (χ3n) is 6.11. The summed E-state index contributed by atoms with van der Waals surface area (Å²) in [6.45, 7) is 1.43. The van der Waals surface area contributed by atoms with Crippen LogP contribution in [0.25, 0.3) is 11.1 Å². The number of fused-ring (bicyclic) bond motifs is 3. The van der Waals surface area contributed by atoms with Crippen molar-refractivity contribution in [3.05, 3.63) is 59.7 Å². The number of amides is 2. The fraction of sp³-hybridized carbons (Fsp3) is 0.375. The van der Waals surface area contributed by atoms with Crippen LogP contribution in [-0.4, -0.2) is 60.7 Å². The minimum atomic E-state index is -5.26. The van der Waals surface area contributed by atoms with Crippen molar-refractivity contribution in [3.8, 4) is 11.1 Å². The van der Waals surface area contributed by atoms with Crippen LogP contribution in [0.3, 0.4) is 0 Å². The van der Waals surface area contributed by atoms with E-state index in [1.807, 2.05) is 48.5 Å². The van der Waals surface area contributed by atoms with Crippen LogP contribution in [0.1, 0.15) is 30.9 Å². The lowest BCUT2D eigenvalue weighted by molar-refractivity contribution is -0.195. The van der Waals surface area contributed by atoms with Gasteiger partial charge in [0.15, 0.2) is 6.04 Å². The van der Waals surface area contributed by atoms with E-state index in [4.69, 9.17) is 9.47 Å². The van der Waals surface area contributed by atoms with E-state index in [9.17, 15) is 32.7 Å². The number of ether oxygens (including phenoxy) is 2. The first-order valence-corrected chi connectivity index (χ1v) is 10.7. The van der Waals surface area contributed by atoms with Crippen molar-refractivity contribution in [2.45, 2.75) is 43.6 Å². The molecule has 35 heavy (non-hydrogen) atoms. The second-order valence-corrected chi connectivity index (χ2v) is 8.30. The number of carboxylic acid groups (broad SMARTS) is 1. The van der Waals surface area contributed by atoms with Crippen LogP contribution in [0.15, 0.2) is 48.5 Å². The number of carbonyl (C=O) groups excluding carboxylic acids is 2. The highest BCUT2D eigenvalue weighted by Gasteiger charge is 2.59. The van der Waals surface area contributed by atoms with Crippen molar-refractivity contribution >= 4 is 18.0 Å². The number of nitrogens with one attached hydrogen (secondary N) is 2. The topological polar surface area (TPSA) is 114 Å². The number of benzene rings is 2. The summed E-state index contributed by atoms with van der Waals surface area (Å²) < 4.78 is 51.6. The van der Waals surface area contributed by atoms with Crippen molar-refractivity contribution in [1.29, 1.82) is 0 Å². The molecule has 1 aliphatic carbocycles. The summed E-state index contributed by atoms with van der Waals surface area (Å²) in [5, 5.41) is 12.6. The average Bonchev–Trinajstić information content (AvgIpc) is 3.13. The SMILES string of the molecule is CO[C@H](C)[C@H](NC(=O)C(C)(NC(=O)OCC1c2ccccc2-c2ccccc21)C(F)(F)F)C(=O)O. The lowest BCUT2D eigenvalue weighted by Crippen LogP contribution is -2.67. The van der Waals surface area contributed by atoms with Crippen molar-refractivity contribution in [3.63, 3.8) is 0 Å². The Kier molecular flexibility index (Phi) is 7.39. The van der Waals surface area contributed by atoms with Gasteiger partial charge in [-0.05, 0) is 36.1 Å². The second-order valence-electron chi connectivity index (χ2n) is 8.30. The molecule has 0 spiro atoms. The molecule has 2 amide bonds. The van der Waals surface area contributed by atoms with E-state index < -0.39 is 47.7 Å². The van der Waals surface area contributed by atoms with Gasteiger partial charge in [-0.1, -0.05) is 48.5 Å². The third-order valence-corrected chi connectivity index (χ3v) is 6.11.